The molecule has 2 aromatic carbocycles. The van der Waals surface area contributed by atoms with Gasteiger partial charge in [0.25, 0.3) is 5.91 Å². The first kappa shape index (κ1) is 20.0. The normalized spacial score (nSPS) is 16.2. The van der Waals surface area contributed by atoms with Gasteiger partial charge in [-0.05, 0) is 58.5 Å². The lowest BCUT2D eigenvalue weighted by Gasteiger charge is -2.24. The number of benzene rings is 2. The fourth-order valence-electron chi connectivity index (χ4n) is 3.10. The third kappa shape index (κ3) is 5.40. The lowest BCUT2D eigenvalue weighted by atomic mass is 9.90. The van der Waals surface area contributed by atoms with E-state index in [1.807, 2.05) is 18.2 Å². The van der Waals surface area contributed by atoms with E-state index in [1.165, 1.54) is 11.1 Å². The van der Waals surface area contributed by atoms with Crippen molar-refractivity contribution in [2.75, 3.05) is 13.7 Å². The van der Waals surface area contributed by atoms with Crippen LogP contribution < -0.4 is 10.2 Å². The van der Waals surface area contributed by atoms with Crippen molar-refractivity contribution in [3.63, 3.8) is 0 Å². The molecular formula is C20H20Br2N2O3. The summed E-state index contributed by atoms with van der Waals surface area (Å²) in [5.41, 5.74) is 5.92. The second-order valence-electron chi connectivity index (χ2n) is 6.25. The zero-order valence-electron chi connectivity index (χ0n) is 14.9. The molecule has 27 heavy (non-hydrogen) atoms. The van der Waals surface area contributed by atoms with E-state index in [1.54, 1.807) is 13.3 Å². The van der Waals surface area contributed by atoms with Crippen LogP contribution in [0.3, 0.4) is 0 Å². The van der Waals surface area contributed by atoms with Crippen LogP contribution in [0, 0.1) is 0 Å². The highest BCUT2D eigenvalue weighted by atomic mass is 79.9. The number of fused-ring (bicyclic) bond motifs is 1. The van der Waals surface area contributed by atoms with E-state index in [9.17, 15) is 4.79 Å². The summed E-state index contributed by atoms with van der Waals surface area (Å²) in [5, 5.41) is 4.01. The quantitative estimate of drug-likeness (QED) is 0.481. The first-order chi connectivity index (χ1) is 13.1. The number of ether oxygens (including phenoxy) is 2. The van der Waals surface area contributed by atoms with E-state index in [2.05, 4.69) is 60.6 Å². The van der Waals surface area contributed by atoms with Crippen molar-refractivity contribution in [3.8, 4) is 5.75 Å². The molecule has 1 unspecified atom stereocenters. The summed E-state index contributed by atoms with van der Waals surface area (Å²) in [6, 6.07) is 12.1. The molecule has 3 rings (SSSR count). The fraction of sp³-hybridized carbons (Fsp3) is 0.300. The average Bonchev–Trinajstić information content (AvgIpc) is 2.66. The summed E-state index contributed by atoms with van der Waals surface area (Å²) in [6.07, 6.45) is 4.37. The predicted octanol–water partition coefficient (Wildman–Crippen LogP) is 4.24. The summed E-state index contributed by atoms with van der Waals surface area (Å²) >= 11 is 6.86. The molecule has 2 aromatic rings. The van der Waals surface area contributed by atoms with Gasteiger partial charge < -0.3 is 9.47 Å². The Hall–Kier alpha value is -1.70. The highest BCUT2D eigenvalue weighted by Crippen LogP contribution is 2.31. The van der Waals surface area contributed by atoms with Gasteiger partial charge in [0, 0.05) is 10.0 Å². The van der Waals surface area contributed by atoms with Crippen LogP contribution in [0.25, 0.3) is 0 Å². The van der Waals surface area contributed by atoms with Crippen LogP contribution >= 0.6 is 31.9 Å². The van der Waals surface area contributed by atoms with E-state index in [-0.39, 0.29) is 18.6 Å². The second kappa shape index (κ2) is 9.48. The largest absolute Gasteiger partial charge is 0.495 e. The van der Waals surface area contributed by atoms with Crippen LogP contribution in [0.2, 0.25) is 0 Å². The monoisotopic (exact) mass is 494 g/mol. The first-order valence-corrected chi connectivity index (χ1v) is 10.2. The lowest BCUT2D eigenvalue weighted by Crippen LogP contribution is -2.29. The number of nitrogens with one attached hydrogen (secondary N) is 1. The number of halogens is 2. The fourth-order valence-corrected chi connectivity index (χ4v) is 4.52. The Morgan fingerprint density at radius 1 is 1.30 bits per heavy atom. The Bertz CT molecular complexity index is 855. The van der Waals surface area contributed by atoms with Crippen molar-refractivity contribution >= 4 is 44.0 Å². The van der Waals surface area contributed by atoms with Crippen LogP contribution in [0.15, 0.2) is 50.4 Å². The van der Waals surface area contributed by atoms with E-state index in [0.29, 0.717) is 5.75 Å². The molecule has 0 saturated heterocycles. The molecule has 0 aromatic heterocycles. The third-order valence-corrected chi connectivity index (χ3v) is 5.43. The number of amides is 1. The molecule has 0 heterocycles. The minimum absolute atomic E-state index is 0.0104. The van der Waals surface area contributed by atoms with Crippen LogP contribution in [0.5, 0.6) is 5.75 Å². The van der Waals surface area contributed by atoms with E-state index < -0.39 is 0 Å². The van der Waals surface area contributed by atoms with Gasteiger partial charge in [-0.25, -0.2) is 5.43 Å². The van der Waals surface area contributed by atoms with Crippen molar-refractivity contribution in [1.29, 1.82) is 0 Å². The molecule has 0 saturated carbocycles. The molecule has 1 N–H and O–H groups in total. The summed E-state index contributed by atoms with van der Waals surface area (Å²) in [6.45, 7) is -0.0104. The molecule has 0 fully saturated rings. The average molecular weight is 496 g/mol. The van der Waals surface area contributed by atoms with Crippen molar-refractivity contribution in [3.05, 3.63) is 62.0 Å². The zero-order chi connectivity index (χ0) is 19.2. The Kier molecular flexibility index (Phi) is 7.04. The number of nitrogens with zero attached hydrogens (tertiary/aromatic N) is 1. The molecular weight excluding hydrogens is 476 g/mol. The maximum Gasteiger partial charge on any atom is 0.266 e. The molecule has 0 bridgehead atoms. The first-order valence-electron chi connectivity index (χ1n) is 8.60. The molecule has 0 spiro atoms. The minimum Gasteiger partial charge on any atom is -0.495 e. The highest BCUT2D eigenvalue weighted by molar-refractivity contribution is 9.11. The summed E-state index contributed by atoms with van der Waals surface area (Å²) in [5.74, 6) is 0.367. The lowest BCUT2D eigenvalue weighted by molar-refractivity contribution is -0.127. The van der Waals surface area contributed by atoms with Gasteiger partial charge in [0.1, 0.15) is 12.4 Å². The van der Waals surface area contributed by atoms with E-state index in [0.717, 1.165) is 33.8 Å². The molecule has 0 aliphatic heterocycles. The van der Waals surface area contributed by atoms with Gasteiger partial charge in [0.05, 0.1) is 23.9 Å². The summed E-state index contributed by atoms with van der Waals surface area (Å²) in [4.78, 5) is 12.0. The maximum atomic E-state index is 12.0. The summed E-state index contributed by atoms with van der Waals surface area (Å²) in [7, 11) is 1.58. The van der Waals surface area contributed by atoms with Crippen LogP contribution in [0.1, 0.15) is 23.1 Å². The SMILES string of the molecule is COc1c(Br)cc(Br)cc1/C=N/NC(=O)COC1CCc2ccccc2C1. The number of hydrazone groups is 1. The predicted molar refractivity (Wildman–Crippen MR) is 112 cm³/mol. The van der Waals surface area contributed by atoms with E-state index in [4.69, 9.17) is 9.47 Å². The number of methoxy groups -OCH3 is 1. The molecule has 142 valence electrons. The molecule has 7 heteroatoms. The number of hydrogen-bond acceptors (Lipinski definition) is 4. The topological polar surface area (TPSA) is 59.9 Å². The van der Waals surface area contributed by atoms with Gasteiger partial charge in [-0.1, -0.05) is 40.2 Å². The van der Waals surface area contributed by atoms with Crippen molar-refractivity contribution in [1.82, 2.24) is 5.43 Å². The van der Waals surface area contributed by atoms with Crippen LogP contribution in [0.4, 0.5) is 0 Å². The van der Waals surface area contributed by atoms with Crippen LogP contribution in [-0.2, 0) is 22.4 Å². The minimum atomic E-state index is -0.280. The number of carbonyl (C=O) groups is 1. The molecule has 1 aliphatic rings. The smallest absolute Gasteiger partial charge is 0.266 e. The molecule has 1 aliphatic carbocycles. The maximum absolute atomic E-state index is 12.0. The van der Waals surface area contributed by atoms with Crippen molar-refractivity contribution in [2.45, 2.75) is 25.4 Å². The molecule has 5 nitrogen and oxygen atoms in total. The van der Waals surface area contributed by atoms with Gasteiger partial charge in [-0.2, -0.15) is 5.10 Å². The zero-order valence-corrected chi connectivity index (χ0v) is 18.0. The van der Waals surface area contributed by atoms with E-state index >= 15 is 0 Å². The Morgan fingerprint density at radius 2 is 2.07 bits per heavy atom. The van der Waals surface area contributed by atoms with Gasteiger partial charge in [0.2, 0.25) is 0 Å². The van der Waals surface area contributed by atoms with Crippen molar-refractivity contribution < 1.29 is 14.3 Å². The molecule has 1 amide bonds. The van der Waals surface area contributed by atoms with Crippen molar-refractivity contribution in [2.24, 2.45) is 5.10 Å². The number of rotatable bonds is 6. The second-order valence-corrected chi connectivity index (χ2v) is 8.02. The standard InChI is InChI=1S/C20H20Br2N2O3/c1-26-20-15(8-16(21)10-18(20)22)11-23-24-19(25)12-27-17-7-6-13-4-2-3-5-14(13)9-17/h2-5,8,10-11,17H,6-7,9,12H2,1H3,(H,24,25)/b23-11+. The highest BCUT2D eigenvalue weighted by Gasteiger charge is 2.19. The number of carbonyl (C=O) groups excluding carboxylic acids is 1. The molecule has 0 radical (unpaired) electrons. The van der Waals surface area contributed by atoms with Gasteiger partial charge in [0.15, 0.2) is 0 Å². The molecule has 1 atom stereocenters. The number of hydrogen-bond donors (Lipinski definition) is 1. The van der Waals surface area contributed by atoms with Crippen LogP contribution in [-0.4, -0.2) is 31.9 Å². The van der Waals surface area contributed by atoms with Gasteiger partial charge in [-0.3, -0.25) is 4.79 Å². The Labute approximate surface area is 175 Å². The van der Waals surface area contributed by atoms with Gasteiger partial charge in [-0.15, -0.1) is 0 Å². The number of aryl methyl sites for hydroxylation is 1. The Balaban J connectivity index is 1.50. The third-order valence-electron chi connectivity index (χ3n) is 4.39. The van der Waals surface area contributed by atoms with Gasteiger partial charge >= 0.3 is 0 Å². The summed E-state index contributed by atoms with van der Waals surface area (Å²) < 4.78 is 12.8. The Morgan fingerprint density at radius 3 is 2.85 bits per heavy atom.